The predicted octanol–water partition coefficient (Wildman–Crippen LogP) is 2.07. The fourth-order valence-corrected chi connectivity index (χ4v) is 2.34. The number of ether oxygens (including phenoxy) is 1. The highest BCUT2D eigenvalue weighted by Gasteiger charge is 2.19. The normalized spacial score (nSPS) is 10.8. The average Bonchev–Trinajstić information content (AvgIpc) is 2.69. The number of nitrogen functional groups attached to an aromatic ring is 1. The molecule has 0 spiro atoms. The zero-order valence-corrected chi connectivity index (χ0v) is 11.4. The van der Waals surface area contributed by atoms with Gasteiger partial charge in [0.1, 0.15) is 4.88 Å². The Labute approximate surface area is 106 Å². The summed E-state index contributed by atoms with van der Waals surface area (Å²) in [5, 5.41) is 1.84. The smallest absolute Gasteiger partial charge is 0.266 e. The second-order valence-corrected chi connectivity index (χ2v) is 5.26. The summed E-state index contributed by atoms with van der Waals surface area (Å²) in [5.74, 6) is 0.431. The number of methoxy groups -OCH3 is 1. The van der Waals surface area contributed by atoms with Crippen LogP contribution in [0.3, 0.4) is 0 Å². The summed E-state index contributed by atoms with van der Waals surface area (Å²) in [4.78, 5) is 14.7. The van der Waals surface area contributed by atoms with Crippen molar-refractivity contribution in [1.29, 1.82) is 0 Å². The molecule has 0 unspecified atom stereocenters. The monoisotopic (exact) mass is 256 g/mol. The van der Waals surface area contributed by atoms with Gasteiger partial charge in [-0.05, 0) is 17.4 Å². The number of nitrogens with two attached hydrogens (primary N) is 1. The molecule has 0 aliphatic heterocycles. The molecule has 5 heteroatoms. The fraction of sp³-hybridized carbons (Fsp3) is 0.583. The van der Waals surface area contributed by atoms with Crippen molar-refractivity contribution in [2.45, 2.75) is 13.8 Å². The summed E-state index contributed by atoms with van der Waals surface area (Å²) >= 11 is 1.39. The van der Waals surface area contributed by atoms with Crippen molar-refractivity contribution in [3.63, 3.8) is 0 Å². The largest absolute Gasteiger partial charge is 0.397 e. The molecule has 0 radical (unpaired) electrons. The third-order valence-corrected chi connectivity index (χ3v) is 3.25. The summed E-state index contributed by atoms with van der Waals surface area (Å²) in [6, 6.07) is 1.77. The van der Waals surface area contributed by atoms with Gasteiger partial charge in [0.2, 0.25) is 0 Å². The molecule has 96 valence electrons. The first kappa shape index (κ1) is 14.0. The molecule has 17 heavy (non-hydrogen) atoms. The topological polar surface area (TPSA) is 55.6 Å². The molecule has 1 aromatic heterocycles. The maximum Gasteiger partial charge on any atom is 0.266 e. The van der Waals surface area contributed by atoms with Gasteiger partial charge in [-0.3, -0.25) is 4.79 Å². The van der Waals surface area contributed by atoms with Gasteiger partial charge in [0.15, 0.2) is 0 Å². The molecule has 0 fully saturated rings. The average molecular weight is 256 g/mol. The van der Waals surface area contributed by atoms with Crippen LogP contribution in [0.2, 0.25) is 0 Å². The molecule has 2 N–H and O–H groups in total. The van der Waals surface area contributed by atoms with Crippen LogP contribution in [-0.4, -0.2) is 37.6 Å². The van der Waals surface area contributed by atoms with E-state index >= 15 is 0 Å². The van der Waals surface area contributed by atoms with E-state index in [2.05, 4.69) is 13.8 Å². The minimum atomic E-state index is 0.00301. The minimum Gasteiger partial charge on any atom is -0.397 e. The second kappa shape index (κ2) is 6.61. The van der Waals surface area contributed by atoms with Crippen molar-refractivity contribution in [3.05, 3.63) is 16.3 Å². The van der Waals surface area contributed by atoms with Crippen molar-refractivity contribution in [2.75, 3.05) is 32.5 Å². The number of carbonyl (C=O) groups is 1. The summed E-state index contributed by atoms with van der Waals surface area (Å²) in [7, 11) is 1.64. The Balaban J connectivity index is 2.75. The van der Waals surface area contributed by atoms with Gasteiger partial charge < -0.3 is 15.4 Å². The van der Waals surface area contributed by atoms with E-state index in [0.29, 0.717) is 29.6 Å². The van der Waals surface area contributed by atoms with Crippen LogP contribution in [0.5, 0.6) is 0 Å². The van der Waals surface area contributed by atoms with Crippen LogP contribution in [-0.2, 0) is 4.74 Å². The van der Waals surface area contributed by atoms with E-state index in [9.17, 15) is 4.79 Å². The standard InChI is InChI=1S/C12H20N2O2S/c1-9(2)8-14(5-6-16-3)12(15)11-10(13)4-7-17-11/h4,7,9H,5-6,8,13H2,1-3H3. The quantitative estimate of drug-likeness (QED) is 0.847. The van der Waals surface area contributed by atoms with E-state index in [1.165, 1.54) is 11.3 Å². The summed E-state index contributed by atoms with van der Waals surface area (Å²) in [6.07, 6.45) is 0. The zero-order valence-electron chi connectivity index (χ0n) is 10.6. The molecule has 0 aromatic carbocycles. The Morgan fingerprint density at radius 3 is 2.76 bits per heavy atom. The Bertz CT molecular complexity index is 363. The Kier molecular flexibility index (Phi) is 5.44. The van der Waals surface area contributed by atoms with E-state index in [1.54, 1.807) is 18.1 Å². The van der Waals surface area contributed by atoms with Gasteiger partial charge in [0.05, 0.1) is 12.3 Å². The second-order valence-electron chi connectivity index (χ2n) is 4.34. The molecular formula is C12H20N2O2S. The minimum absolute atomic E-state index is 0.00301. The van der Waals surface area contributed by atoms with Gasteiger partial charge in [0.25, 0.3) is 5.91 Å². The number of hydrogen-bond donors (Lipinski definition) is 1. The molecule has 0 bridgehead atoms. The predicted molar refractivity (Wildman–Crippen MR) is 71.3 cm³/mol. The van der Waals surface area contributed by atoms with Gasteiger partial charge in [0, 0.05) is 20.2 Å². The molecule has 0 saturated carbocycles. The molecule has 1 heterocycles. The van der Waals surface area contributed by atoms with E-state index in [4.69, 9.17) is 10.5 Å². The number of hydrogen-bond acceptors (Lipinski definition) is 4. The molecule has 1 rings (SSSR count). The SMILES string of the molecule is COCCN(CC(C)C)C(=O)c1sccc1N. The number of rotatable bonds is 6. The van der Waals surface area contributed by atoms with E-state index in [0.717, 1.165) is 6.54 Å². The molecule has 1 aromatic rings. The highest BCUT2D eigenvalue weighted by Crippen LogP contribution is 2.21. The van der Waals surface area contributed by atoms with Crippen molar-refractivity contribution in [2.24, 2.45) is 5.92 Å². The number of nitrogens with zero attached hydrogens (tertiary/aromatic N) is 1. The van der Waals surface area contributed by atoms with Gasteiger partial charge in [-0.25, -0.2) is 0 Å². The van der Waals surface area contributed by atoms with Gasteiger partial charge in [-0.15, -0.1) is 11.3 Å². The van der Waals surface area contributed by atoms with Crippen molar-refractivity contribution in [3.8, 4) is 0 Å². The van der Waals surface area contributed by atoms with Crippen LogP contribution < -0.4 is 5.73 Å². The van der Waals surface area contributed by atoms with Crippen molar-refractivity contribution in [1.82, 2.24) is 4.90 Å². The Morgan fingerprint density at radius 1 is 1.59 bits per heavy atom. The van der Waals surface area contributed by atoms with E-state index in [1.807, 2.05) is 5.38 Å². The van der Waals surface area contributed by atoms with Crippen LogP contribution in [0.4, 0.5) is 5.69 Å². The Hall–Kier alpha value is -1.07. The van der Waals surface area contributed by atoms with Crippen LogP contribution in [0, 0.1) is 5.92 Å². The number of carbonyl (C=O) groups excluding carboxylic acids is 1. The highest BCUT2D eigenvalue weighted by atomic mass is 32.1. The number of anilines is 1. The third-order valence-electron chi connectivity index (χ3n) is 2.33. The zero-order chi connectivity index (χ0) is 12.8. The van der Waals surface area contributed by atoms with E-state index < -0.39 is 0 Å². The lowest BCUT2D eigenvalue weighted by Crippen LogP contribution is -2.36. The Morgan fingerprint density at radius 2 is 2.29 bits per heavy atom. The maximum atomic E-state index is 12.3. The van der Waals surface area contributed by atoms with Crippen LogP contribution >= 0.6 is 11.3 Å². The molecule has 0 aliphatic rings. The lowest BCUT2D eigenvalue weighted by atomic mass is 10.2. The first-order valence-corrected chi connectivity index (χ1v) is 6.55. The molecule has 0 saturated heterocycles. The number of thiophene rings is 1. The van der Waals surface area contributed by atoms with Crippen molar-refractivity contribution >= 4 is 22.9 Å². The van der Waals surface area contributed by atoms with Crippen LogP contribution in [0.1, 0.15) is 23.5 Å². The summed E-state index contributed by atoms with van der Waals surface area (Å²) in [6.45, 7) is 6.05. The summed E-state index contributed by atoms with van der Waals surface area (Å²) < 4.78 is 5.03. The van der Waals surface area contributed by atoms with Gasteiger partial charge in [-0.1, -0.05) is 13.8 Å². The van der Waals surface area contributed by atoms with Crippen molar-refractivity contribution < 1.29 is 9.53 Å². The van der Waals surface area contributed by atoms with E-state index in [-0.39, 0.29) is 5.91 Å². The maximum absolute atomic E-state index is 12.3. The molecule has 4 nitrogen and oxygen atoms in total. The fourth-order valence-electron chi connectivity index (χ4n) is 1.55. The molecule has 1 amide bonds. The molecule has 0 aliphatic carbocycles. The van der Waals surface area contributed by atoms with Gasteiger partial charge >= 0.3 is 0 Å². The van der Waals surface area contributed by atoms with Crippen LogP contribution in [0.25, 0.3) is 0 Å². The van der Waals surface area contributed by atoms with Crippen LogP contribution in [0.15, 0.2) is 11.4 Å². The first-order valence-electron chi connectivity index (χ1n) is 5.67. The molecule has 0 atom stereocenters. The third kappa shape index (κ3) is 4.02. The van der Waals surface area contributed by atoms with Gasteiger partial charge in [-0.2, -0.15) is 0 Å². The summed E-state index contributed by atoms with van der Waals surface area (Å²) in [5.41, 5.74) is 6.33. The highest BCUT2D eigenvalue weighted by molar-refractivity contribution is 7.12. The molecular weight excluding hydrogens is 236 g/mol. The lowest BCUT2D eigenvalue weighted by molar-refractivity contribution is 0.0678. The first-order chi connectivity index (χ1) is 8.06. The lowest BCUT2D eigenvalue weighted by Gasteiger charge is -2.24. The number of amides is 1.